The van der Waals surface area contributed by atoms with Gasteiger partial charge in [0.25, 0.3) is 0 Å². The molecular formula is C7H7N4O3PS. The van der Waals surface area contributed by atoms with Crippen LogP contribution in [0.3, 0.4) is 0 Å². The Morgan fingerprint density at radius 2 is 2.19 bits per heavy atom. The molecule has 2 rings (SSSR count). The average molecular weight is 258 g/mol. The summed E-state index contributed by atoms with van der Waals surface area (Å²) in [5, 5.41) is 9.46. The Hall–Kier alpha value is -1.34. The normalized spacial score (nSPS) is 11.6. The van der Waals surface area contributed by atoms with Crippen molar-refractivity contribution in [3.8, 4) is 5.69 Å². The second kappa shape index (κ2) is 3.91. The molecule has 1 heterocycles. The van der Waals surface area contributed by atoms with Crippen molar-refractivity contribution in [3.05, 3.63) is 29.0 Å². The molecule has 3 N–H and O–H groups in total. The molecule has 1 aromatic heterocycles. The van der Waals surface area contributed by atoms with Gasteiger partial charge in [-0.1, -0.05) is 16.4 Å². The second-order valence-corrected chi connectivity index (χ2v) is 4.95. The number of aromatic amines is 1. The SMILES string of the molecule is O=P(O)(O)c1cccc(-n2[nH]nnc2=S)c1. The van der Waals surface area contributed by atoms with Crippen LogP contribution in [-0.2, 0) is 4.57 Å². The summed E-state index contributed by atoms with van der Waals surface area (Å²) in [6.45, 7) is 0. The number of rotatable bonds is 2. The van der Waals surface area contributed by atoms with Crippen LogP contribution in [0.15, 0.2) is 24.3 Å². The number of hydrogen-bond acceptors (Lipinski definition) is 4. The Kier molecular flexibility index (Phi) is 2.73. The second-order valence-electron chi connectivity index (χ2n) is 2.98. The Morgan fingerprint density at radius 3 is 2.75 bits per heavy atom. The van der Waals surface area contributed by atoms with Gasteiger partial charge in [-0.15, -0.1) is 0 Å². The predicted octanol–water partition coefficient (Wildman–Crippen LogP) is 0.128. The summed E-state index contributed by atoms with van der Waals surface area (Å²) >= 11 is 4.87. The standard InChI is InChI=1S/C7H7N4O3PS/c12-15(13,14)6-3-1-2-5(4-6)11-7(16)8-9-10-11/h1-4H,(H,8,10,16)(H2,12,13,14). The van der Waals surface area contributed by atoms with Crippen molar-refractivity contribution in [1.29, 1.82) is 0 Å². The van der Waals surface area contributed by atoms with Crippen molar-refractivity contribution < 1.29 is 14.4 Å². The number of hydrogen-bond donors (Lipinski definition) is 3. The van der Waals surface area contributed by atoms with Gasteiger partial charge in [-0.2, -0.15) is 5.21 Å². The van der Waals surface area contributed by atoms with Crippen molar-refractivity contribution >= 4 is 25.1 Å². The molecule has 0 fully saturated rings. The first kappa shape index (κ1) is 11.2. The monoisotopic (exact) mass is 258 g/mol. The maximum Gasteiger partial charge on any atom is 0.356 e. The zero-order chi connectivity index (χ0) is 11.8. The van der Waals surface area contributed by atoms with Gasteiger partial charge in [0.2, 0.25) is 4.77 Å². The summed E-state index contributed by atoms with van der Waals surface area (Å²) < 4.78 is 12.6. The number of tetrazole rings is 1. The van der Waals surface area contributed by atoms with E-state index in [1.165, 1.54) is 22.9 Å². The highest BCUT2D eigenvalue weighted by Gasteiger charge is 2.17. The summed E-state index contributed by atoms with van der Waals surface area (Å²) in [6.07, 6.45) is 0. The van der Waals surface area contributed by atoms with Crippen LogP contribution in [0, 0.1) is 4.77 Å². The van der Waals surface area contributed by atoms with Gasteiger partial charge in [0.1, 0.15) is 0 Å². The van der Waals surface area contributed by atoms with Gasteiger partial charge in [-0.3, -0.25) is 4.57 Å². The fourth-order valence-electron chi connectivity index (χ4n) is 1.18. The molecule has 0 aliphatic rings. The molecule has 0 unspecified atom stereocenters. The molecular weight excluding hydrogens is 251 g/mol. The first-order chi connectivity index (χ1) is 7.48. The first-order valence-electron chi connectivity index (χ1n) is 4.15. The predicted molar refractivity (Wildman–Crippen MR) is 58.2 cm³/mol. The summed E-state index contributed by atoms with van der Waals surface area (Å²) in [6, 6.07) is 5.83. The molecule has 16 heavy (non-hydrogen) atoms. The molecule has 0 spiro atoms. The molecule has 9 heteroatoms. The summed E-state index contributed by atoms with van der Waals surface area (Å²) in [5.74, 6) is 0. The first-order valence-corrected chi connectivity index (χ1v) is 6.17. The van der Waals surface area contributed by atoms with E-state index >= 15 is 0 Å². The van der Waals surface area contributed by atoms with Crippen molar-refractivity contribution in [1.82, 2.24) is 20.2 Å². The van der Waals surface area contributed by atoms with Crippen LogP contribution in [0.25, 0.3) is 5.69 Å². The molecule has 0 radical (unpaired) electrons. The largest absolute Gasteiger partial charge is 0.356 e. The summed E-state index contributed by atoms with van der Waals surface area (Å²) in [7, 11) is -4.26. The molecule has 0 bridgehead atoms. The topological polar surface area (TPSA) is 104 Å². The highest BCUT2D eigenvalue weighted by atomic mass is 32.1. The van der Waals surface area contributed by atoms with Crippen LogP contribution in [-0.4, -0.2) is 30.0 Å². The lowest BCUT2D eigenvalue weighted by Crippen LogP contribution is -2.07. The van der Waals surface area contributed by atoms with Gasteiger partial charge in [0, 0.05) is 0 Å². The van der Waals surface area contributed by atoms with Crippen molar-refractivity contribution in [2.75, 3.05) is 0 Å². The van der Waals surface area contributed by atoms with E-state index in [1.54, 1.807) is 6.07 Å². The van der Waals surface area contributed by atoms with E-state index in [0.29, 0.717) is 5.69 Å². The third-order valence-electron chi connectivity index (χ3n) is 1.90. The molecule has 1 aromatic carbocycles. The third kappa shape index (κ3) is 2.10. The van der Waals surface area contributed by atoms with Crippen LogP contribution in [0.2, 0.25) is 0 Å². The molecule has 7 nitrogen and oxygen atoms in total. The molecule has 2 aromatic rings. The van der Waals surface area contributed by atoms with Crippen LogP contribution >= 0.6 is 19.8 Å². The van der Waals surface area contributed by atoms with E-state index in [9.17, 15) is 4.57 Å². The number of aromatic nitrogens is 4. The number of benzene rings is 1. The highest BCUT2D eigenvalue weighted by Crippen LogP contribution is 2.33. The van der Waals surface area contributed by atoms with Crippen LogP contribution in [0.1, 0.15) is 0 Å². The Balaban J connectivity index is 2.57. The zero-order valence-electron chi connectivity index (χ0n) is 7.81. The van der Waals surface area contributed by atoms with Crippen molar-refractivity contribution in [3.63, 3.8) is 0 Å². The van der Waals surface area contributed by atoms with Gasteiger partial charge in [-0.05, 0) is 30.4 Å². The fourth-order valence-corrected chi connectivity index (χ4v) is 1.95. The van der Waals surface area contributed by atoms with E-state index in [0.717, 1.165) is 0 Å². The number of H-pyrrole nitrogens is 1. The maximum atomic E-state index is 11.1. The number of nitrogens with one attached hydrogen (secondary N) is 1. The average Bonchev–Trinajstić information content (AvgIpc) is 2.63. The van der Waals surface area contributed by atoms with E-state index in [2.05, 4.69) is 15.5 Å². The maximum absolute atomic E-state index is 11.1. The lowest BCUT2D eigenvalue weighted by molar-refractivity contribution is 0.387. The molecule has 0 aliphatic heterocycles. The van der Waals surface area contributed by atoms with E-state index in [4.69, 9.17) is 22.0 Å². The van der Waals surface area contributed by atoms with Crippen molar-refractivity contribution in [2.24, 2.45) is 0 Å². The van der Waals surface area contributed by atoms with Crippen LogP contribution in [0.4, 0.5) is 0 Å². The minimum Gasteiger partial charge on any atom is -0.321 e. The Morgan fingerprint density at radius 1 is 1.44 bits per heavy atom. The summed E-state index contributed by atoms with van der Waals surface area (Å²) in [4.78, 5) is 18.0. The minimum atomic E-state index is -4.26. The Bertz CT molecular complexity index is 616. The smallest absolute Gasteiger partial charge is 0.321 e. The molecule has 0 atom stereocenters. The minimum absolute atomic E-state index is 0.0819. The van der Waals surface area contributed by atoms with Gasteiger partial charge < -0.3 is 9.79 Å². The van der Waals surface area contributed by atoms with Gasteiger partial charge in [0.15, 0.2) is 0 Å². The van der Waals surface area contributed by atoms with Crippen molar-refractivity contribution in [2.45, 2.75) is 0 Å². The fraction of sp³-hybridized carbons (Fsp3) is 0. The van der Waals surface area contributed by atoms with E-state index in [1.807, 2.05) is 0 Å². The quantitative estimate of drug-likeness (QED) is 0.522. The molecule has 84 valence electrons. The van der Waals surface area contributed by atoms with Gasteiger partial charge >= 0.3 is 7.60 Å². The van der Waals surface area contributed by atoms with E-state index in [-0.39, 0.29) is 10.1 Å². The van der Waals surface area contributed by atoms with Gasteiger partial charge in [-0.25, -0.2) is 4.68 Å². The van der Waals surface area contributed by atoms with Crippen LogP contribution < -0.4 is 5.30 Å². The zero-order valence-corrected chi connectivity index (χ0v) is 9.52. The Labute approximate surface area is 94.9 Å². The number of nitrogens with zero attached hydrogens (tertiary/aromatic N) is 3. The lowest BCUT2D eigenvalue weighted by Gasteiger charge is -2.06. The highest BCUT2D eigenvalue weighted by molar-refractivity contribution is 7.71. The molecule has 0 saturated carbocycles. The molecule has 0 aliphatic carbocycles. The van der Waals surface area contributed by atoms with Crippen LogP contribution in [0.5, 0.6) is 0 Å². The molecule has 0 amide bonds. The lowest BCUT2D eigenvalue weighted by atomic mass is 10.3. The summed E-state index contributed by atoms with van der Waals surface area (Å²) in [5.41, 5.74) is 0.468. The molecule has 0 saturated heterocycles. The third-order valence-corrected chi connectivity index (χ3v) is 3.11. The van der Waals surface area contributed by atoms with Gasteiger partial charge in [0.05, 0.1) is 11.0 Å². The van der Waals surface area contributed by atoms with E-state index < -0.39 is 7.60 Å².